The Morgan fingerprint density at radius 1 is 1.56 bits per heavy atom. The van der Waals surface area contributed by atoms with Crippen molar-refractivity contribution in [3.63, 3.8) is 0 Å². The number of nitrogens with zero attached hydrogens (tertiary/aromatic N) is 1. The van der Waals surface area contributed by atoms with Gasteiger partial charge in [-0.3, -0.25) is 9.78 Å². The van der Waals surface area contributed by atoms with Gasteiger partial charge in [0.25, 0.3) is 0 Å². The summed E-state index contributed by atoms with van der Waals surface area (Å²) in [6.07, 6.45) is 3.33. The molecule has 88 valence electrons. The lowest BCUT2D eigenvalue weighted by Crippen LogP contribution is -2.41. The van der Waals surface area contributed by atoms with Crippen LogP contribution in [0.15, 0.2) is 24.4 Å². The summed E-state index contributed by atoms with van der Waals surface area (Å²) < 4.78 is 0. The molecule has 0 radical (unpaired) electrons. The van der Waals surface area contributed by atoms with Gasteiger partial charge in [-0.15, -0.1) is 0 Å². The molecule has 0 spiro atoms. The first-order chi connectivity index (χ1) is 7.65. The monoisotopic (exact) mass is 221 g/mol. The molecular weight excluding hydrogens is 202 g/mol. The largest absolute Gasteiger partial charge is 0.347 e. The van der Waals surface area contributed by atoms with E-state index in [1.807, 2.05) is 32.0 Å². The highest BCUT2D eigenvalue weighted by molar-refractivity contribution is 5.81. The Hall–Kier alpha value is -1.42. The van der Waals surface area contributed by atoms with Crippen molar-refractivity contribution in [3.05, 3.63) is 30.1 Å². The second-order valence-corrected chi connectivity index (χ2v) is 3.88. The first-order valence-corrected chi connectivity index (χ1v) is 5.62. The van der Waals surface area contributed by atoms with E-state index in [0.717, 1.165) is 12.1 Å². The number of hydrogen-bond acceptors (Lipinski definition) is 3. The Balaban J connectivity index is 2.51. The number of nitrogens with one attached hydrogen (secondary N) is 1. The molecule has 1 amide bonds. The van der Waals surface area contributed by atoms with Crippen LogP contribution < -0.4 is 11.1 Å². The van der Waals surface area contributed by atoms with E-state index >= 15 is 0 Å². The predicted octanol–water partition coefficient (Wildman–Crippen LogP) is 1.39. The first-order valence-electron chi connectivity index (χ1n) is 5.62. The molecule has 1 aromatic rings. The number of carbonyl (C=O) groups is 1. The number of carbonyl (C=O) groups excluding carboxylic acids is 1. The Bertz CT molecular complexity index is 326. The van der Waals surface area contributed by atoms with E-state index in [2.05, 4.69) is 10.3 Å². The van der Waals surface area contributed by atoms with Crippen LogP contribution in [0.5, 0.6) is 0 Å². The van der Waals surface area contributed by atoms with Crippen LogP contribution in [-0.4, -0.2) is 16.9 Å². The summed E-state index contributed by atoms with van der Waals surface area (Å²) in [5, 5.41) is 2.85. The van der Waals surface area contributed by atoms with E-state index < -0.39 is 6.04 Å². The molecule has 1 aromatic heterocycles. The smallest absolute Gasteiger partial charge is 0.237 e. The molecule has 0 unspecified atom stereocenters. The molecule has 0 fully saturated rings. The quantitative estimate of drug-likeness (QED) is 0.789. The minimum Gasteiger partial charge on any atom is -0.347 e. The van der Waals surface area contributed by atoms with Crippen molar-refractivity contribution in [1.82, 2.24) is 10.3 Å². The van der Waals surface area contributed by atoms with Gasteiger partial charge < -0.3 is 11.1 Å². The zero-order chi connectivity index (χ0) is 12.0. The maximum atomic E-state index is 11.7. The fraction of sp³-hybridized carbons (Fsp3) is 0.500. The van der Waals surface area contributed by atoms with Crippen LogP contribution in [0.3, 0.4) is 0 Å². The van der Waals surface area contributed by atoms with Gasteiger partial charge in [0.1, 0.15) is 0 Å². The number of hydrogen-bond donors (Lipinski definition) is 2. The van der Waals surface area contributed by atoms with Crippen molar-refractivity contribution >= 4 is 5.91 Å². The van der Waals surface area contributed by atoms with Gasteiger partial charge in [-0.2, -0.15) is 0 Å². The van der Waals surface area contributed by atoms with E-state index in [1.165, 1.54) is 0 Å². The molecule has 0 aromatic carbocycles. The molecule has 16 heavy (non-hydrogen) atoms. The van der Waals surface area contributed by atoms with E-state index in [9.17, 15) is 4.79 Å². The van der Waals surface area contributed by atoms with Gasteiger partial charge in [-0.05, 0) is 25.5 Å². The molecular formula is C12H19N3O. The minimum absolute atomic E-state index is 0.100. The topological polar surface area (TPSA) is 68.0 Å². The normalized spacial score (nSPS) is 14.2. The SMILES string of the molecule is CCC[C@H](N)C(=O)N[C@@H](C)c1ccccn1. The lowest BCUT2D eigenvalue weighted by Gasteiger charge is -2.16. The third kappa shape index (κ3) is 3.62. The van der Waals surface area contributed by atoms with Crippen LogP contribution in [0.1, 0.15) is 38.4 Å². The summed E-state index contributed by atoms with van der Waals surface area (Å²) in [4.78, 5) is 15.8. The minimum atomic E-state index is -0.420. The van der Waals surface area contributed by atoms with Crippen LogP contribution in [0.2, 0.25) is 0 Å². The Labute approximate surface area is 96.3 Å². The van der Waals surface area contributed by atoms with Crippen molar-refractivity contribution in [3.8, 4) is 0 Å². The Morgan fingerprint density at radius 3 is 2.88 bits per heavy atom. The zero-order valence-corrected chi connectivity index (χ0v) is 9.81. The first kappa shape index (κ1) is 12.6. The van der Waals surface area contributed by atoms with Crippen LogP contribution >= 0.6 is 0 Å². The number of nitrogens with two attached hydrogens (primary N) is 1. The van der Waals surface area contributed by atoms with Crippen LogP contribution in [-0.2, 0) is 4.79 Å². The van der Waals surface area contributed by atoms with Crippen LogP contribution in [0, 0.1) is 0 Å². The molecule has 1 heterocycles. The number of rotatable bonds is 5. The summed E-state index contributed by atoms with van der Waals surface area (Å²) in [5.74, 6) is -0.111. The van der Waals surface area contributed by atoms with E-state index in [0.29, 0.717) is 6.42 Å². The molecule has 0 saturated carbocycles. The highest BCUT2D eigenvalue weighted by atomic mass is 16.2. The third-order valence-electron chi connectivity index (χ3n) is 2.43. The summed E-state index contributed by atoms with van der Waals surface area (Å²) >= 11 is 0. The molecule has 3 N–H and O–H groups in total. The van der Waals surface area contributed by atoms with Crippen molar-refractivity contribution < 1.29 is 4.79 Å². The van der Waals surface area contributed by atoms with Crippen molar-refractivity contribution in [1.29, 1.82) is 0 Å². The summed E-state index contributed by atoms with van der Waals surface area (Å²) in [6, 6.07) is 5.11. The molecule has 0 aliphatic heterocycles. The van der Waals surface area contributed by atoms with Gasteiger partial charge in [0.2, 0.25) is 5.91 Å². The van der Waals surface area contributed by atoms with Crippen molar-refractivity contribution in [2.75, 3.05) is 0 Å². The lowest BCUT2D eigenvalue weighted by atomic mass is 10.1. The Morgan fingerprint density at radius 2 is 2.31 bits per heavy atom. The maximum Gasteiger partial charge on any atom is 0.237 e. The van der Waals surface area contributed by atoms with E-state index in [1.54, 1.807) is 6.20 Å². The Kier molecular flexibility index (Phi) is 4.92. The fourth-order valence-electron chi connectivity index (χ4n) is 1.47. The molecule has 0 aliphatic carbocycles. The van der Waals surface area contributed by atoms with Gasteiger partial charge in [-0.1, -0.05) is 19.4 Å². The molecule has 0 bridgehead atoms. The van der Waals surface area contributed by atoms with Gasteiger partial charge in [0.15, 0.2) is 0 Å². The molecule has 1 rings (SSSR count). The average Bonchev–Trinajstić information content (AvgIpc) is 2.30. The molecule has 4 heteroatoms. The number of amides is 1. The maximum absolute atomic E-state index is 11.7. The van der Waals surface area contributed by atoms with E-state index in [4.69, 9.17) is 5.73 Å². The third-order valence-corrected chi connectivity index (χ3v) is 2.43. The molecule has 4 nitrogen and oxygen atoms in total. The molecule has 0 aliphatic rings. The van der Waals surface area contributed by atoms with Gasteiger partial charge in [0.05, 0.1) is 17.8 Å². The second kappa shape index (κ2) is 6.23. The molecule has 2 atom stereocenters. The summed E-state index contributed by atoms with van der Waals surface area (Å²) in [7, 11) is 0. The highest BCUT2D eigenvalue weighted by Gasteiger charge is 2.15. The van der Waals surface area contributed by atoms with Crippen LogP contribution in [0.4, 0.5) is 0 Å². The second-order valence-electron chi connectivity index (χ2n) is 3.88. The fourth-order valence-corrected chi connectivity index (χ4v) is 1.47. The highest BCUT2D eigenvalue weighted by Crippen LogP contribution is 2.08. The van der Waals surface area contributed by atoms with Gasteiger partial charge in [0, 0.05) is 6.20 Å². The zero-order valence-electron chi connectivity index (χ0n) is 9.81. The lowest BCUT2D eigenvalue weighted by molar-refractivity contribution is -0.123. The average molecular weight is 221 g/mol. The summed E-state index contributed by atoms with van der Waals surface area (Å²) in [6.45, 7) is 3.91. The van der Waals surface area contributed by atoms with E-state index in [-0.39, 0.29) is 11.9 Å². The molecule has 0 saturated heterocycles. The van der Waals surface area contributed by atoms with Crippen molar-refractivity contribution in [2.24, 2.45) is 5.73 Å². The number of aromatic nitrogens is 1. The van der Waals surface area contributed by atoms with Gasteiger partial charge >= 0.3 is 0 Å². The summed E-state index contributed by atoms with van der Waals surface area (Å²) in [5.41, 5.74) is 6.57. The van der Waals surface area contributed by atoms with Gasteiger partial charge in [-0.25, -0.2) is 0 Å². The van der Waals surface area contributed by atoms with Crippen molar-refractivity contribution in [2.45, 2.75) is 38.8 Å². The number of pyridine rings is 1. The predicted molar refractivity (Wildman–Crippen MR) is 63.7 cm³/mol. The standard InChI is InChI=1S/C12H19N3O/c1-3-6-10(13)12(16)15-9(2)11-7-4-5-8-14-11/h4-5,7-10H,3,6,13H2,1-2H3,(H,15,16)/t9-,10-/m0/s1. The van der Waals surface area contributed by atoms with Crippen LogP contribution in [0.25, 0.3) is 0 Å².